The molecule has 3 heteroatoms. The van der Waals surface area contributed by atoms with Gasteiger partial charge in [-0.1, -0.05) is 24.3 Å². The molecule has 0 aliphatic heterocycles. The van der Waals surface area contributed by atoms with Gasteiger partial charge in [-0.25, -0.2) is 0 Å². The smallest absolute Gasteiger partial charge is 0.255 e. The molecule has 4 aliphatic carbocycles. The second kappa shape index (κ2) is 5.48. The zero-order chi connectivity index (χ0) is 17.0. The molecule has 0 heterocycles. The van der Waals surface area contributed by atoms with Crippen LogP contribution in [0.5, 0.6) is 5.75 Å². The van der Waals surface area contributed by atoms with Crippen molar-refractivity contribution in [1.82, 2.24) is 5.32 Å². The Balaban J connectivity index is 1.47. The van der Waals surface area contributed by atoms with Crippen LogP contribution in [0.4, 0.5) is 0 Å². The van der Waals surface area contributed by atoms with Gasteiger partial charge in [0.1, 0.15) is 5.75 Å². The SMILES string of the molecule is COc1cc2ccccc2cc1C(=O)NC12CC3CC(CC(C3)C1)C2. The number of hydrogen-bond acceptors (Lipinski definition) is 2. The molecular weight excluding hydrogens is 310 g/mol. The molecule has 2 aromatic rings. The lowest BCUT2D eigenvalue weighted by Gasteiger charge is -2.56. The van der Waals surface area contributed by atoms with Gasteiger partial charge < -0.3 is 10.1 Å². The highest BCUT2D eigenvalue weighted by atomic mass is 16.5. The van der Waals surface area contributed by atoms with Crippen LogP contribution in [0.2, 0.25) is 0 Å². The van der Waals surface area contributed by atoms with E-state index in [0.717, 1.165) is 28.5 Å². The summed E-state index contributed by atoms with van der Waals surface area (Å²) >= 11 is 0. The number of hydrogen-bond donors (Lipinski definition) is 1. The third kappa shape index (κ3) is 2.52. The van der Waals surface area contributed by atoms with E-state index in [9.17, 15) is 4.79 Å². The predicted octanol–water partition coefficient (Wildman–Crippen LogP) is 4.55. The Morgan fingerprint density at radius 3 is 2.12 bits per heavy atom. The Morgan fingerprint density at radius 1 is 1.00 bits per heavy atom. The Kier molecular flexibility index (Phi) is 3.34. The summed E-state index contributed by atoms with van der Waals surface area (Å²) < 4.78 is 5.53. The summed E-state index contributed by atoms with van der Waals surface area (Å²) in [5.74, 6) is 3.17. The van der Waals surface area contributed by atoms with E-state index in [2.05, 4.69) is 17.4 Å². The number of methoxy groups -OCH3 is 1. The predicted molar refractivity (Wildman–Crippen MR) is 98.9 cm³/mol. The Bertz CT molecular complexity index is 806. The number of benzene rings is 2. The maximum absolute atomic E-state index is 13.2. The second-order valence-electron chi connectivity index (χ2n) is 8.55. The molecule has 4 aliphatic rings. The molecule has 3 nitrogen and oxygen atoms in total. The largest absolute Gasteiger partial charge is 0.496 e. The van der Waals surface area contributed by atoms with E-state index in [0.29, 0.717) is 11.3 Å². The zero-order valence-corrected chi connectivity index (χ0v) is 14.8. The summed E-state index contributed by atoms with van der Waals surface area (Å²) in [5.41, 5.74) is 0.694. The lowest BCUT2D eigenvalue weighted by molar-refractivity contribution is -0.0167. The summed E-state index contributed by atoms with van der Waals surface area (Å²) in [4.78, 5) is 13.2. The first-order valence-corrected chi connectivity index (χ1v) is 9.53. The highest BCUT2D eigenvalue weighted by molar-refractivity contribution is 6.02. The van der Waals surface area contributed by atoms with Crippen molar-refractivity contribution in [2.75, 3.05) is 7.11 Å². The van der Waals surface area contributed by atoms with Crippen LogP contribution in [0, 0.1) is 17.8 Å². The van der Waals surface area contributed by atoms with Gasteiger partial charge in [-0.3, -0.25) is 4.79 Å². The average molecular weight is 335 g/mol. The molecule has 0 aromatic heterocycles. The van der Waals surface area contributed by atoms with Crippen LogP contribution in [0.3, 0.4) is 0 Å². The van der Waals surface area contributed by atoms with E-state index in [1.165, 1.54) is 38.5 Å². The molecular formula is C22H25NO2. The van der Waals surface area contributed by atoms with Crippen molar-refractivity contribution in [2.45, 2.75) is 44.1 Å². The highest BCUT2D eigenvalue weighted by Gasteiger charge is 2.51. The molecule has 2 aromatic carbocycles. The third-order valence-corrected chi connectivity index (χ3v) is 6.73. The molecule has 1 amide bonds. The van der Waals surface area contributed by atoms with Crippen molar-refractivity contribution in [2.24, 2.45) is 17.8 Å². The molecule has 1 N–H and O–H groups in total. The number of nitrogens with one attached hydrogen (secondary N) is 1. The minimum Gasteiger partial charge on any atom is -0.496 e. The van der Waals surface area contributed by atoms with Crippen LogP contribution in [0.25, 0.3) is 10.8 Å². The number of carbonyl (C=O) groups is 1. The maximum atomic E-state index is 13.2. The number of fused-ring (bicyclic) bond motifs is 1. The number of rotatable bonds is 3. The number of carbonyl (C=O) groups excluding carboxylic acids is 1. The zero-order valence-electron chi connectivity index (χ0n) is 14.8. The molecule has 6 rings (SSSR count). The standard InChI is InChI=1S/C22H25NO2/c1-25-20-10-18-5-3-2-4-17(18)9-19(20)21(24)23-22-11-14-6-15(12-22)8-16(7-14)13-22/h2-5,9-10,14-16H,6-8,11-13H2,1H3,(H,23,24). The van der Waals surface area contributed by atoms with Crippen LogP contribution in [0.15, 0.2) is 36.4 Å². The lowest BCUT2D eigenvalue weighted by Crippen LogP contribution is -2.59. The van der Waals surface area contributed by atoms with Gasteiger partial charge in [0.2, 0.25) is 0 Å². The summed E-state index contributed by atoms with van der Waals surface area (Å²) in [6.45, 7) is 0. The van der Waals surface area contributed by atoms with Gasteiger partial charge >= 0.3 is 0 Å². The summed E-state index contributed by atoms with van der Waals surface area (Å²) in [5, 5.41) is 5.65. The Labute approximate surface area is 148 Å². The number of ether oxygens (including phenoxy) is 1. The van der Waals surface area contributed by atoms with Crippen LogP contribution in [-0.4, -0.2) is 18.6 Å². The quantitative estimate of drug-likeness (QED) is 0.894. The molecule has 0 atom stereocenters. The van der Waals surface area contributed by atoms with E-state index < -0.39 is 0 Å². The van der Waals surface area contributed by atoms with Crippen molar-refractivity contribution in [3.63, 3.8) is 0 Å². The first kappa shape index (κ1) is 15.2. The normalized spacial score (nSPS) is 32.8. The molecule has 0 spiro atoms. The number of amides is 1. The van der Waals surface area contributed by atoms with Gasteiger partial charge in [-0.05, 0) is 79.2 Å². The molecule has 0 radical (unpaired) electrons. The van der Waals surface area contributed by atoms with Crippen molar-refractivity contribution in [3.05, 3.63) is 42.0 Å². The molecule has 130 valence electrons. The topological polar surface area (TPSA) is 38.3 Å². The lowest BCUT2D eigenvalue weighted by atomic mass is 9.53. The molecule has 25 heavy (non-hydrogen) atoms. The summed E-state index contributed by atoms with van der Waals surface area (Å²) in [7, 11) is 1.64. The summed E-state index contributed by atoms with van der Waals surface area (Å²) in [6, 6.07) is 12.1. The molecule has 4 bridgehead atoms. The van der Waals surface area contributed by atoms with Crippen LogP contribution < -0.4 is 10.1 Å². The van der Waals surface area contributed by atoms with Gasteiger partial charge in [-0.2, -0.15) is 0 Å². The minimum atomic E-state index is 0.0302. The Hall–Kier alpha value is -2.03. The molecule has 0 unspecified atom stereocenters. The van der Waals surface area contributed by atoms with Crippen LogP contribution in [0.1, 0.15) is 48.9 Å². The van der Waals surface area contributed by atoms with Crippen LogP contribution in [-0.2, 0) is 0 Å². The average Bonchev–Trinajstić information content (AvgIpc) is 2.59. The van der Waals surface area contributed by atoms with Gasteiger partial charge in [0, 0.05) is 5.54 Å². The molecule has 0 saturated heterocycles. The van der Waals surface area contributed by atoms with Gasteiger partial charge in [-0.15, -0.1) is 0 Å². The van der Waals surface area contributed by atoms with E-state index in [-0.39, 0.29) is 11.4 Å². The van der Waals surface area contributed by atoms with Gasteiger partial charge in [0.15, 0.2) is 0 Å². The fraction of sp³-hybridized carbons (Fsp3) is 0.500. The summed E-state index contributed by atoms with van der Waals surface area (Å²) in [6.07, 6.45) is 7.65. The van der Waals surface area contributed by atoms with Crippen molar-refractivity contribution in [1.29, 1.82) is 0 Å². The molecule has 4 saturated carbocycles. The monoisotopic (exact) mass is 335 g/mol. The molecule has 4 fully saturated rings. The maximum Gasteiger partial charge on any atom is 0.255 e. The van der Waals surface area contributed by atoms with Crippen LogP contribution >= 0.6 is 0 Å². The first-order chi connectivity index (χ1) is 12.1. The fourth-order valence-corrected chi connectivity index (χ4v) is 6.14. The highest BCUT2D eigenvalue weighted by Crippen LogP contribution is 2.55. The first-order valence-electron chi connectivity index (χ1n) is 9.53. The fourth-order valence-electron chi connectivity index (χ4n) is 6.14. The van der Waals surface area contributed by atoms with Crippen molar-refractivity contribution in [3.8, 4) is 5.75 Å². The third-order valence-electron chi connectivity index (χ3n) is 6.73. The Morgan fingerprint density at radius 2 is 1.56 bits per heavy atom. The van der Waals surface area contributed by atoms with E-state index in [4.69, 9.17) is 4.74 Å². The van der Waals surface area contributed by atoms with E-state index >= 15 is 0 Å². The second-order valence-corrected chi connectivity index (χ2v) is 8.55. The van der Waals surface area contributed by atoms with Crippen molar-refractivity contribution >= 4 is 16.7 Å². The minimum absolute atomic E-state index is 0.0302. The van der Waals surface area contributed by atoms with Gasteiger partial charge in [0.05, 0.1) is 12.7 Å². The van der Waals surface area contributed by atoms with Crippen molar-refractivity contribution < 1.29 is 9.53 Å². The van der Waals surface area contributed by atoms with Gasteiger partial charge in [0.25, 0.3) is 5.91 Å². The van der Waals surface area contributed by atoms with E-state index in [1.807, 2.05) is 24.3 Å². The van der Waals surface area contributed by atoms with E-state index in [1.54, 1.807) is 7.11 Å².